The summed E-state index contributed by atoms with van der Waals surface area (Å²) >= 11 is 0. The van der Waals surface area contributed by atoms with Gasteiger partial charge in [-0.3, -0.25) is 9.69 Å². The number of imidazole rings is 1. The highest BCUT2D eigenvalue weighted by atomic mass is 16.6. The lowest BCUT2D eigenvalue weighted by Crippen LogP contribution is -2.49. The number of carbonyl (C=O) groups is 2. The number of benzene rings is 1. The molecular formula is C24H35N5O3. The summed E-state index contributed by atoms with van der Waals surface area (Å²) in [6.45, 7) is 10.9. The van der Waals surface area contributed by atoms with E-state index in [1.54, 1.807) is 29.2 Å². The van der Waals surface area contributed by atoms with Gasteiger partial charge >= 0.3 is 6.09 Å². The molecule has 2 amide bonds. The molecule has 0 saturated carbocycles. The van der Waals surface area contributed by atoms with Crippen LogP contribution in [0, 0.1) is 5.41 Å². The van der Waals surface area contributed by atoms with Crippen LogP contribution in [0.3, 0.4) is 0 Å². The van der Waals surface area contributed by atoms with E-state index in [0.29, 0.717) is 30.9 Å². The normalized spacial score (nSPS) is 14.9. The number of aryl methyl sites for hydroxylation is 1. The molecule has 0 spiro atoms. The molecule has 8 heteroatoms. The zero-order valence-corrected chi connectivity index (χ0v) is 19.6. The van der Waals surface area contributed by atoms with E-state index >= 15 is 0 Å². The first-order valence-electron chi connectivity index (χ1n) is 11.2. The zero-order valence-electron chi connectivity index (χ0n) is 19.6. The molecule has 3 rings (SSSR count). The fraction of sp³-hybridized carbons (Fsp3) is 0.542. The van der Waals surface area contributed by atoms with Gasteiger partial charge in [0, 0.05) is 64.5 Å². The maximum Gasteiger partial charge on any atom is 0.415 e. The summed E-state index contributed by atoms with van der Waals surface area (Å²) in [5.74, 6) is 0.327. The molecule has 1 saturated heterocycles. The van der Waals surface area contributed by atoms with E-state index in [0.717, 1.165) is 38.2 Å². The summed E-state index contributed by atoms with van der Waals surface area (Å²) in [7, 11) is 1.97. The van der Waals surface area contributed by atoms with Gasteiger partial charge in [0.2, 0.25) is 0 Å². The Kier molecular flexibility index (Phi) is 7.90. The Labute approximate surface area is 190 Å². The van der Waals surface area contributed by atoms with Gasteiger partial charge in [0.25, 0.3) is 5.91 Å². The molecular weight excluding hydrogens is 406 g/mol. The van der Waals surface area contributed by atoms with Crippen molar-refractivity contribution >= 4 is 12.0 Å². The van der Waals surface area contributed by atoms with Crippen molar-refractivity contribution in [3.05, 3.63) is 48.0 Å². The maximum atomic E-state index is 12.5. The second-order valence-corrected chi connectivity index (χ2v) is 9.57. The average molecular weight is 442 g/mol. The predicted molar refractivity (Wildman–Crippen MR) is 124 cm³/mol. The molecule has 2 aromatic rings. The number of ether oxygens (including phenoxy) is 1. The summed E-state index contributed by atoms with van der Waals surface area (Å²) in [6.07, 6.45) is 5.31. The first kappa shape index (κ1) is 23.8. The van der Waals surface area contributed by atoms with Crippen LogP contribution in [-0.4, -0.2) is 70.6 Å². The molecule has 1 aromatic carbocycles. The van der Waals surface area contributed by atoms with Gasteiger partial charge in [0.05, 0.1) is 12.0 Å². The minimum atomic E-state index is -0.350. The SMILES string of the molecule is Cn1cnc(CCN2CCN(C(=O)Oc3ccc(C(=O)NCCC(C)(C)C)cc3)CC2)c1. The Morgan fingerprint density at radius 1 is 1.09 bits per heavy atom. The van der Waals surface area contributed by atoms with E-state index in [1.165, 1.54) is 0 Å². The number of carbonyl (C=O) groups excluding carboxylic acids is 2. The number of nitrogens with one attached hydrogen (secondary N) is 1. The lowest BCUT2D eigenvalue weighted by atomic mass is 9.92. The maximum absolute atomic E-state index is 12.5. The van der Waals surface area contributed by atoms with E-state index in [9.17, 15) is 9.59 Å². The number of amides is 2. The summed E-state index contributed by atoms with van der Waals surface area (Å²) in [4.78, 5) is 33.2. The van der Waals surface area contributed by atoms with Gasteiger partial charge in [-0.2, -0.15) is 0 Å². The third-order valence-electron chi connectivity index (χ3n) is 5.56. The van der Waals surface area contributed by atoms with Crippen molar-refractivity contribution in [2.24, 2.45) is 12.5 Å². The monoisotopic (exact) mass is 441 g/mol. The highest BCUT2D eigenvalue weighted by Gasteiger charge is 2.22. The Morgan fingerprint density at radius 2 is 1.78 bits per heavy atom. The van der Waals surface area contributed by atoms with Crippen molar-refractivity contribution in [1.29, 1.82) is 0 Å². The summed E-state index contributed by atoms with van der Waals surface area (Å²) in [5.41, 5.74) is 1.82. The number of hydrogen-bond donors (Lipinski definition) is 1. The van der Waals surface area contributed by atoms with Crippen molar-refractivity contribution in [3.8, 4) is 5.75 Å². The van der Waals surface area contributed by atoms with Crippen LogP contribution in [0.25, 0.3) is 0 Å². The van der Waals surface area contributed by atoms with Crippen molar-refractivity contribution in [2.75, 3.05) is 39.3 Å². The van der Waals surface area contributed by atoms with Crippen LogP contribution in [0.4, 0.5) is 4.79 Å². The Hall–Kier alpha value is -2.87. The molecule has 0 atom stereocenters. The van der Waals surface area contributed by atoms with Crippen molar-refractivity contribution < 1.29 is 14.3 Å². The zero-order chi connectivity index (χ0) is 23.1. The molecule has 174 valence electrons. The van der Waals surface area contributed by atoms with Crippen LogP contribution in [0.15, 0.2) is 36.8 Å². The van der Waals surface area contributed by atoms with Crippen LogP contribution in [0.2, 0.25) is 0 Å². The standard InChI is InChI=1S/C24H35N5O3/c1-24(2,3)10-11-25-22(30)19-5-7-21(8-6-19)32-23(31)29-15-13-28(14-16-29)12-9-20-17-27(4)18-26-20/h5-8,17-18H,9-16H2,1-4H3,(H,25,30). The Balaban J connectivity index is 1.39. The van der Waals surface area contributed by atoms with E-state index in [2.05, 4.69) is 36.0 Å². The van der Waals surface area contributed by atoms with E-state index in [-0.39, 0.29) is 17.4 Å². The predicted octanol–water partition coefficient (Wildman–Crippen LogP) is 2.95. The molecule has 1 N–H and O–H groups in total. The topological polar surface area (TPSA) is 79.7 Å². The summed E-state index contributed by atoms with van der Waals surface area (Å²) in [5, 5.41) is 2.93. The fourth-order valence-corrected chi connectivity index (χ4v) is 3.52. The van der Waals surface area contributed by atoms with E-state index < -0.39 is 0 Å². The molecule has 2 heterocycles. The lowest BCUT2D eigenvalue weighted by Gasteiger charge is -2.33. The van der Waals surface area contributed by atoms with Crippen molar-refractivity contribution in [2.45, 2.75) is 33.6 Å². The Bertz CT molecular complexity index is 893. The molecule has 1 fully saturated rings. The quantitative estimate of drug-likeness (QED) is 0.715. The summed E-state index contributed by atoms with van der Waals surface area (Å²) < 4.78 is 7.46. The molecule has 0 unspecified atom stereocenters. The van der Waals surface area contributed by atoms with Crippen LogP contribution in [0.5, 0.6) is 5.75 Å². The van der Waals surface area contributed by atoms with Crippen molar-refractivity contribution in [3.63, 3.8) is 0 Å². The number of aromatic nitrogens is 2. The highest BCUT2D eigenvalue weighted by molar-refractivity contribution is 5.94. The second-order valence-electron chi connectivity index (χ2n) is 9.57. The molecule has 8 nitrogen and oxygen atoms in total. The molecule has 1 aliphatic rings. The lowest BCUT2D eigenvalue weighted by molar-refractivity contribution is 0.0949. The van der Waals surface area contributed by atoms with Gasteiger partial charge in [-0.1, -0.05) is 20.8 Å². The summed E-state index contributed by atoms with van der Waals surface area (Å²) in [6, 6.07) is 6.70. The number of nitrogens with zero attached hydrogens (tertiary/aromatic N) is 4. The minimum Gasteiger partial charge on any atom is -0.410 e. The first-order chi connectivity index (χ1) is 15.2. The van der Waals surface area contributed by atoms with Crippen LogP contribution in [0.1, 0.15) is 43.2 Å². The van der Waals surface area contributed by atoms with E-state index in [1.807, 2.05) is 24.1 Å². The van der Waals surface area contributed by atoms with Gasteiger partial charge in [-0.05, 0) is 36.1 Å². The number of piperazine rings is 1. The number of rotatable bonds is 7. The van der Waals surface area contributed by atoms with Gasteiger partial charge in [0.15, 0.2) is 0 Å². The third-order valence-corrected chi connectivity index (χ3v) is 5.56. The fourth-order valence-electron chi connectivity index (χ4n) is 3.52. The molecule has 0 radical (unpaired) electrons. The molecule has 0 bridgehead atoms. The van der Waals surface area contributed by atoms with Gasteiger partial charge in [-0.15, -0.1) is 0 Å². The van der Waals surface area contributed by atoms with Gasteiger partial charge in [0.1, 0.15) is 5.75 Å². The molecule has 1 aromatic heterocycles. The van der Waals surface area contributed by atoms with Gasteiger partial charge in [-0.25, -0.2) is 9.78 Å². The van der Waals surface area contributed by atoms with Crippen molar-refractivity contribution in [1.82, 2.24) is 24.7 Å². The van der Waals surface area contributed by atoms with Crippen LogP contribution in [-0.2, 0) is 13.5 Å². The molecule has 32 heavy (non-hydrogen) atoms. The van der Waals surface area contributed by atoms with Gasteiger partial charge < -0.3 is 19.5 Å². The van der Waals surface area contributed by atoms with Crippen LogP contribution >= 0.6 is 0 Å². The molecule has 0 aliphatic carbocycles. The first-order valence-corrected chi connectivity index (χ1v) is 11.2. The smallest absolute Gasteiger partial charge is 0.410 e. The van der Waals surface area contributed by atoms with E-state index in [4.69, 9.17) is 4.74 Å². The van der Waals surface area contributed by atoms with Crippen LogP contribution < -0.4 is 10.1 Å². The third kappa shape index (κ3) is 7.37. The number of hydrogen-bond acceptors (Lipinski definition) is 5. The minimum absolute atomic E-state index is 0.117. The second kappa shape index (κ2) is 10.6. The largest absolute Gasteiger partial charge is 0.415 e. The molecule has 1 aliphatic heterocycles. The Morgan fingerprint density at radius 3 is 2.38 bits per heavy atom. The highest BCUT2D eigenvalue weighted by Crippen LogP contribution is 2.18. The average Bonchev–Trinajstić information content (AvgIpc) is 3.17.